The first-order chi connectivity index (χ1) is 8.28. The maximum Gasteiger partial charge on any atom is 0.239 e. The number of hydrogen-bond donors (Lipinski definition) is 3. The summed E-state index contributed by atoms with van der Waals surface area (Å²) < 4.78 is 4.98. The Labute approximate surface area is 97.6 Å². The Morgan fingerprint density at radius 3 is 3.00 bits per heavy atom. The SMILES string of the molecule is Cc1noc(CCNc2ccnc(NN)n2)n1. The van der Waals surface area contributed by atoms with Gasteiger partial charge in [-0.15, -0.1) is 0 Å². The van der Waals surface area contributed by atoms with Crippen LogP contribution in [-0.2, 0) is 6.42 Å². The van der Waals surface area contributed by atoms with E-state index in [1.807, 2.05) is 0 Å². The van der Waals surface area contributed by atoms with Crippen molar-refractivity contribution < 1.29 is 4.52 Å². The van der Waals surface area contributed by atoms with E-state index < -0.39 is 0 Å². The van der Waals surface area contributed by atoms with E-state index in [-0.39, 0.29) is 0 Å². The fourth-order valence-electron chi connectivity index (χ4n) is 1.27. The van der Waals surface area contributed by atoms with E-state index in [1.165, 1.54) is 0 Å². The van der Waals surface area contributed by atoms with Crippen LogP contribution in [0.15, 0.2) is 16.8 Å². The van der Waals surface area contributed by atoms with E-state index >= 15 is 0 Å². The highest BCUT2D eigenvalue weighted by molar-refractivity contribution is 5.38. The number of anilines is 2. The first-order valence-electron chi connectivity index (χ1n) is 5.10. The molecule has 0 saturated carbocycles. The van der Waals surface area contributed by atoms with Gasteiger partial charge in [0.2, 0.25) is 11.8 Å². The molecule has 2 rings (SSSR count). The second-order valence-corrected chi connectivity index (χ2v) is 3.32. The second-order valence-electron chi connectivity index (χ2n) is 3.32. The number of aromatic nitrogens is 4. The quantitative estimate of drug-likeness (QED) is 0.494. The monoisotopic (exact) mass is 235 g/mol. The van der Waals surface area contributed by atoms with Crippen LogP contribution in [0.5, 0.6) is 0 Å². The summed E-state index contributed by atoms with van der Waals surface area (Å²) in [5.74, 6) is 7.49. The molecule has 0 saturated heterocycles. The van der Waals surface area contributed by atoms with Gasteiger partial charge >= 0.3 is 0 Å². The highest BCUT2D eigenvalue weighted by Gasteiger charge is 2.02. The van der Waals surface area contributed by atoms with E-state index in [9.17, 15) is 0 Å². The maximum absolute atomic E-state index is 5.21. The largest absolute Gasteiger partial charge is 0.369 e. The van der Waals surface area contributed by atoms with Crippen LogP contribution in [0.2, 0.25) is 0 Å². The van der Waals surface area contributed by atoms with Crippen molar-refractivity contribution in [2.45, 2.75) is 13.3 Å². The molecule has 0 radical (unpaired) electrons. The zero-order valence-electron chi connectivity index (χ0n) is 9.34. The number of rotatable bonds is 5. The van der Waals surface area contributed by atoms with Crippen LogP contribution in [0.4, 0.5) is 11.8 Å². The topological polar surface area (TPSA) is 115 Å². The molecule has 4 N–H and O–H groups in total. The molecule has 8 nitrogen and oxygen atoms in total. The third-order valence-electron chi connectivity index (χ3n) is 2.00. The van der Waals surface area contributed by atoms with Gasteiger partial charge in [-0.25, -0.2) is 10.8 Å². The molecule has 0 spiro atoms. The lowest BCUT2D eigenvalue weighted by atomic mass is 10.4. The summed E-state index contributed by atoms with van der Waals surface area (Å²) in [6.45, 7) is 2.42. The van der Waals surface area contributed by atoms with Gasteiger partial charge in [0.25, 0.3) is 0 Å². The average molecular weight is 235 g/mol. The molecule has 2 aromatic rings. The van der Waals surface area contributed by atoms with Gasteiger partial charge in [0.15, 0.2) is 5.82 Å². The summed E-state index contributed by atoms with van der Waals surface area (Å²) >= 11 is 0. The predicted octanol–water partition coefficient (Wildman–Crippen LogP) is 0.108. The zero-order chi connectivity index (χ0) is 12.1. The predicted molar refractivity (Wildman–Crippen MR) is 61.1 cm³/mol. The summed E-state index contributed by atoms with van der Waals surface area (Å²) in [5.41, 5.74) is 2.38. The van der Waals surface area contributed by atoms with Gasteiger partial charge in [-0.05, 0) is 13.0 Å². The van der Waals surface area contributed by atoms with Crippen molar-refractivity contribution in [3.05, 3.63) is 24.0 Å². The standard InChI is InChI=1S/C9H13N7O/c1-6-13-8(17-16-6)3-5-11-7-2-4-12-9(14-7)15-10/h2,4H,3,5,10H2,1H3,(H2,11,12,14,15). The molecule has 0 aliphatic rings. The van der Waals surface area contributed by atoms with Crippen molar-refractivity contribution in [3.8, 4) is 0 Å². The molecule has 0 unspecified atom stereocenters. The number of nitrogen functional groups attached to an aromatic ring is 1. The van der Waals surface area contributed by atoms with Crippen molar-refractivity contribution in [2.75, 3.05) is 17.3 Å². The van der Waals surface area contributed by atoms with E-state index in [1.54, 1.807) is 19.2 Å². The smallest absolute Gasteiger partial charge is 0.239 e. The molecule has 90 valence electrons. The molecule has 0 aliphatic heterocycles. The van der Waals surface area contributed by atoms with Crippen LogP contribution in [-0.4, -0.2) is 26.7 Å². The highest BCUT2D eigenvalue weighted by atomic mass is 16.5. The summed E-state index contributed by atoms with van der Waals surface area (Å²) in [4.78, 5) is 12.1. The molecule has 0 aliphatic carbocycles. The van der Waals surface area contributed by atoms with Crippen molar-refractivity contribution >= 4 is 11.8 Å². The Balaban J connectivity index is 1.85. The van der Waals surface area contributed by atoms with Crippen LogP contribution < -0.4 is 16.6 Å². The summed E-state index contributed by atoms with van der Waals surface area (Å²) in [6, 6.07) is 1.75. The van der Waals surface area contributed by atoms with Crippen molar-refractivity contribution in [1.29, 1.82) is 0 Å². The summed E-state index contributed by atoms with van der Waals surface area (Å²) in [5, 5.41) is 6.81. The minimum atomic E-state index is 0.364. The first-order valence-corrected chi connectivity index (χ1v) is 5.10. The van der Waals surface area contributed by atoms with Crippen LogP contribution in [0, 0.1) is 6.92 Å². The molecule has 2 heterocycles. The molecule has 0 atom stereocenters. The van der Waals surface area contributed by atoms with Gasteiger partial charge in [0.1, 0.15) is 5.82 Å². The highest BCUT2D eigenvalue weighted by Crippen LogP contribution is 2.04. The van der Waals surface area contributed by atoms with Gasteiger partial charge in [-0.2, -0.15) is 9.97 Å². The fourth-order valence-corrected chi connectivity index (χ4v) is 1.27. The van der Waals surface area contributed by atoms with Crippen LogP contribution >= 0.6 is 0 Å². The molecule has 0 amide bonds. The van der Waals surface area contributed by atoms with Gasteiger partial charge in [-0.3, -0.25) is 5.43 Å². The Bertz CT molecular complexity index is 484. The number of aryl methyl sites for hydroxylation is 1. The molecule has 8 heteroatoms. The Hall–Kier alpha value is -2.22. The van der Waals surface area contributed by atoms with E-state index in [0.29, 0.717) is 36.4 Å². The minimum absolute atomic E-state index is 0.364. The molecule has 17 heavy (non-hydrogen) atoms. The van der Waals surface area contributed by atoms with Crippen LogP contribution in [0.3, 0.4) is 0 Å². The second kappa shape index (κ2) is 5.21. The first kappa shape index (κ1) is 11.3. The van der Waals surface area contributed by atoms with E-state index in [0.717, 1.165) is 0 Å². The number of nitrogens with two attached hydrogens (primary N) is 1. The van der Waals surface area contributed by atoms with E-state index in [2.05, 4.69) is 30.9 Å². The Morgan fingerprint density at radius 1 is 1.41 bits per heavy atom. The lowest BCUT2D eigenvalue weighted by Crippen LogP contribution is -2.12. The third-order valence-corrected chi connectivity index (χ3v) is 2.00. The van der Waals surface area contributed by atoms with Gasteiger partial charge in [0, 0.05) is 19.2 Å². The molecule has 2 aromatic heterocycles. The molecule has 0 bridgehead atoms. The maximum atomic E-state index is 5.21. The van der Waals surface area contributed by atoms with E-state index in [4.69, 9.17) is 10.4 Å². The normalized spacial score (nSPS) is 10.2. The van der Waals surface area contributed by atoms with Gasteiger partial charge in [-0.1, -0.05) is 5.16 Å². The lowest BCUT2D eigenvalue weighted by Gasteiger charge is -2.04. The third kappa shape index (κ3) is 3.11. The Morgan fingerprint density at radius 2 is 2.29 bits per heavy atom. The molecule has 0 fully saturated rings. The van der Waals surface area contributed by atoms with Crippen molar-refractivity contribution in [2.24, 2.45) is 5.84 Å². The summed E-state index contributed by atoms with van der Waals surface area (Å²) in [7, 11) is 0. The Kier molecular flexibility index (Phi) is 3.46. The number of nitrogens with zero attached hydrogens (tertiary/aromatic N) is 4. The number of nitrogens with one attached hydrogen (secondary N) is 2. The van der Waals surface area contributed by atoms with Gasteiger partial charge in [0.05, 0.1) is 0 Å². The average Bonchev–Trinajstić information content (AvgIpc) is 2.75. The van der Waals surface area contributed by atoms with Crippen molar-refractivity contribution in [3.63, 3.8) is 0 Å². The summed E-state index contributed by atoms with van der Waals surface area (Å²) in [6.07, 6.45) is 2.25. The zero-order valence-corrected chi connectivity index (χ0v) is 9.34. The molecular formula is C9H13N7O. The minimum Gasteiger partial charge on any atom is -0.369 e. The molecular weight excluding hydrogens is 222 g/mol. The van der Waals surface area contributed by atoms with Crippen molar-refractivity contribution in [1.82, 2.24) is 20.1 Å². The van der Waals surface area contributed by atoms with Crippen LogP contribution in [0.25, 0.3) is 0 Å². The fraction of sp³-hybridized carbons (Fsp3) is 0.333. The van der Waals surface area contributed by atoms with Gasteiger partial charge < -0.3 is 9.84 Å². The van der Waals surface area contributed by atoms with Crippen LogP contribution in [0.1, 0.15) is 11.7 Å². The molecule has 0 aromatic carbocycles. The number of hydrazine groups is 1. The number of hydrogen-bond acceptors (Lipinski definition) is 8. The lowest BCUT2D eigenvalue weighted by molar-refractivity contribution is 0.377.